The SMILES string of the molecule is CC(C)NC(=O)Nc1ccc(NC(=O)C(C)NC(=O)c2cccs2)cc1. The van der Waals surface area contributed by atoms with Crippen LogP contribution in [0.1, 0.15) is 30.4 Å². The van der Waals surface area contributed by atoms with Crippen molar-refractivity contribution in [2.24, 2.45) is 0 Å². The fraction of sp³-hybridized carbons (Fsp3) is 0.278. The maximum atomic E-state index is 12.2. The molecule has 0 fully saturated rings. The predicted molar refractivity (Wildman–Crippen MR) is 104 cm³/mol. The molecule has 7 nitrogen and oxygen atoms in total. The largest absolute Gasteiger partial charge is 0.340 e. The molecule has 8 heteroatoms. The van der Waals surface area contributed by atoms with Crippen LogP contribution in [0.2, 0.25) is 0 Å². The molecule has 0 aliphatic heterocycles. The molecule has 1 aromatic carbocycles. The van der Waals surface area contributed by atoms with Crippen LogP contribution in [-0.2, 0) is 4.79 Å². The Bertz CT molecular complexity index is 757. The monoisotopic (exact) mass is 374 g/mol. The second kappa shape index (κ2) is 9.00. The van der Waals surface area contributed by atoms with E-state index in [0.717, 1.165) is 0 Å². The molecule has 0 saturated heterocycles. The Hall–Kier alpha value is -2.87. The topological polar surface area (TPSA) is 99.3 Å². The molecule has 0 aliphatic rings. The molecular weight excluding hydrogens is 352 g/mol. The normalized spacial score (nSPS) is 11.5. The van der Waals surface area contributed by atoms with E-state index in [1.165, 1.54) is 11.3 Å². The number of urea groups is 1. The first-order chi connectivity index (χ1) is 12.3. The van der Waals surface area contributed by atoms with E-state index in [0.29, 0.717) is 16.3 Å². The highest BCUT2D eigenvalue weighted by Gasteiger charge is 2.17. The number of hydrogen-bond acceptors (Lipinski definition) is 4. The lowest BCUT2D eigenvalue weighted by Crippen LogP contribution is -2.41. The van der Waals surface area contributed by atoms with E-state index in [9.17, 15) is 14.4 Å². The fourth-order valence-electron chi connectivity index (χ4n) is 2.06. The van der Waals surface area contributed by atoms with Crippen LogP contribution in [0, 0.1) is 0 Å². The summed E-state index contributed by atoms with van der Waals surface area (Å²) < 4.78 is 0. The lowest BCUT2D eigenvalue weighted by Gasteiger charge is -2.14. The number of carbonyl (C=O) groups is 3. The van der Waals surface area contributed by atoms with Gasteiger partial charge in [0.2, 0.25) is 5.91 Å². The Labute approximate surface area is 156 Å². The third-order valence-electron chi connectivity index (χ3n) is 3.32. The third kappa shape index (κ3) is 5.89. The number of rotatable bonds is 6. The minimum Gasteiger partial charge on any atom is -0.340 e. The van der Waals surface area contributed by atoms with Gasteiger partial charge in [-0.2, -0.15) is 0 Å². The minimum absolute atomic E-state index is 0.0411. The van der Waals surface area contributed by atoms with Gasteiger partial charge in [-0.25, -0.2) is 4.79 Å². The Morgan fingerprint density at radius 1 is 0.885 bits per heavy atom. The Kier molecular flexibility index (Phi) is 6.74. The van der Waals surface area contributed by atoms with Gasteiger partial charge in [-0.1, -0.05) is 6.07 Å². The number of hydrogen-bond donors (Lipinski definition) is 4. The highest BCUT2D eigenvalue weighted by molar-refractivity contribution is 7.12. The second-order valence-corrected chi connectivity index (χ2v) is 6.94. The number of anilines is 2. The van der Waals surface area contributed by atoms with Gasteiger partial charge in [-0.05, 0) is 56.5 Å². The molecule has 1 aromatic heterocycles. The maximum Gasteiger partial charge on any atom is 0.319 e. The molecule has 0 radical (unpaired) electrons. The van der Waals surface area contributed by atoms with E-state index in [4.69, 9.17) is 0 Å². The van der Waals surface area contributed by atoms with Crippen molar-refractivity contribution in [2.75, 3.05) is 10.6 Å². The van der Waals surface area contributed by atoms with Gasteiger partial charge in [0.1, 0.15) is 6.04 Å². The molecule has 0 saturated carbocycles. The van der Waals surface area contributed by atoms with Crippen LogP contribution in [-0.4, -0.2) is 29.9 Å². The molecule has 1 heterocycles. The first-order valence-corrected chi connectivity index (χ1v) is 9.06. The Balaban J connectivity index is 1.86. The molecular formula is C18H22N4O3S. The van der Waals surface area contributed by atoms with E-state index >= 15 is 0 Å². The van der Waals surface area contributed by atoms with Crippen LogP contribution >= 0.6 is 11.3 Å². The molecule has 138 valence electrons. The van der Waals surface area contributed by atoms with Gasteiger partial charge in [-0.15, -0.1) is 11.3 Å². The van der Waals surface area contributed by atoms with Crippen LogP contribution < -0.4 is 21.3 Å². The molecule has 4 amide bonds. The third-order valence-corrected chi connectivity index (χ3v) is 4.18. The van der Waals surface area contributed by atoms with E-state index in [2.05, 4.69) is 21.3 Å². The van der Waals surface area contributed by atoms with E-state index in [-0.39, 0.29) is 23.9 Å². The zero-order valence-electron chi connectivity index (χ0n) is 14.8. The van der Waals surface area contributed by atoms with Gasteiger partial charge in [0, 0.05) is 17.4 Å². The summed E-state index contributed by atoms with van der Waals surface area (Å²) >= 11 is 1.32. The van der Waals surface area contributed by atoms with Crippen LogP contribution in [0.5, 0.6) is 0 Å². The first-order valence-electron chi connectivity index (χ1n) is 8.18. The molecule has 0 spiro atoms. The maximum absolute atomic E-state index is 12.2. The molecule has 26 heavy (non-hydrogen) atoms. The van der Waals surface area contributed by atoms with Gasteiger partial charge in [0.15, 0.2) is 0 Å². The summed E-state index contributed by atoms with van der Waals surface area (Å²) in [5.41, 5.74) is 1.18. The van der Waals surface area contributed by atoms with E-state index < -0.39 is 6.04 Å². The summed E-state index contributed by atoms with van der Waals surface area (Å²) in [5.74, 6) is -0.605. The fourth-order valence-corrected chi connectivity index (χ4v) is 2.68. The zero-order valence-corrected chi connectivity index (χ0v) is 15.6. The molecule has 0 bridgehead atoms. The van der Waals surface area contributed by atoms with Crippen LogP contribution in [0.15, 0.2) is 41.8 Å². The van der Waals surface area contributed by atoms with E-state index in [1.807, 2.05) is 13.8 Å². The van der Waals surface area contributed by atoms with Crippen molar-refractivity contribution in [1.82, 2.24) is 10.6 Å². The Morgan fingerprint density at radius 2 is 1.50 bits per heavy atom. The molecule has 2 aromatic rings. The number of benzene rings is 1. The second-order valence-electron chi connectivity index (χ2n) is 5.99. The smallest absolute Gasteiger partial charge is 0.319 e. The van der Waals surface area contributed by atoms with Crippen molar-refractivity contribution >= 4 is 40.6 Å². The van der Waals surface area contributed by atoms with Crippen LogP contribution in [0.4, 0.5) is 16.2 Å². The quantitative estimate of drug-likeness (QED) is 0.625. The molecule has 4 N–H and O–H groups in total. The highest BCUT2D eigenvalue weighted by Crippen LogP contribution is 2.14. The van der Waals surface area contributed by atoms with Crippen LogP contribution in [0.3, 0.4) is 0 Å². The standard InChI is InChI=1S/C18H22N4O3S/c1-11(2)19-18(25)22-14-8-6-13(7-9-14)21-16(23)12(3)20-17(24)15-5-4-10-26-15/h4-12H,1-3H3,(H,20,24)(H,21,23)(H2,19,22,25). The summed E-state index contributed by atoms with van der Waals surface area (Å²) in [6.07, 6.45) is 0. The highest BCUT2D eigenvalue weighted by atomic mass is 32.1. The van der Waals surface area contributed by atoms with Crippen LogP contribution in [0.25, 0.3) is 0 Å². The lowest BCUT2D eigenvalue weighted by molar-refractivity contribution is -0.117. The summed E-state index contributed by atoms with van der Waals surface area (Å²) in [6, 6.07) is 9.27. The molecule has 0 aliphatic carbocycles. The van der Waals surface area contributed by atoms with Crippen molar-refractivity contribution in [2.45, 2.75) is 32.9 Å². The van der Waals surface area contributed by atoms with E-state index in [1.54, 1.807) is 48.7 Å². The van der Waals surface area contributed by atoms with Crippen molar-refractivity contribution in [3.05, 3.63) is 46.7 Å². The number of carbonyl (C=O) groups excluding carboxylic acids is 3. The average Bonchev–Trinajstić information content (AvgIpc) is 3.10. The number of nitrogens with one attached hydrogen (secondary N) is 4. The van der Waals surface area contributed by atoms with Gasteiger partial charge in [0.05, 0.1) is 4.88 Å². The van der Waals surface area contributed by atoms with Crippen molar-refractivity contribution < 1.29 is 14.4 Å². The van der Waals surface area contributed by atoms with Crippen molar-refractivity contribution in [3.63, 3.8) is 0 Å². The summed E-state index contributed by atoms with van der Waals surface area (Å²) in [6.45, 7) is 5.36. The molecule has 2 rings (SSSR count). The predicted octanol–water partition coefficient (Wildman–Crippen LogP) is 3.04. The summed E-state index contributed by atoms with van der Waals surface area (Å²) in [5, 5.41) is 12.6. The Morgan fingerprint density at radius 3 is 2.04 bits per heavy atom. The van der Waals surface area contributed by atoms with Gasteiger partial charge in [0.25, 0.3) is 5.91 Å². The molecule has 1 atom stereocenters. The summed E-state index contributed by atoms with van der Waals surface area (Å²) in [4.78, 5) is 36.4. The molecule has 1 unspecified atom stereocenters. The lowest BCUT2D eigenvalue weighted by atomic mass is 10.2. The average molecular weight is 374 g/mol. The van der Waals surface area contributed by atoms with Gasteiger partial charge < -0.3 is 21.3 Å². The number of thiophene rings is 1. The number of amides is 4. The first kappa shape index (κ1) is 19.5. The van der Waals surface area contributed by atoms with Crippen molar-refractivity contribution in [3.8, 4) is 0 Å². The van der Waals surface area contributed by atoms with Crippen molar-refractivity contribution in [1.29, 1.82) is 0 Å². The van der Waals surface area contributed by atoms with Gasteiger partial charge >= 0.3 is 6.03 Å². The van der Waals surface area contributed by atoms with Gasteiger partial charge in [-0.3, -0.25) is 9.59 Å². The zero-order chi connectivity index (χ0) is 19.1. The summed E-state index contributed by atoms with van der Waals surface area (Å²) in [7, 11) is 0. The minimum atomic E-state index is -0.681.